The molecule has 0 bridgehead atoms. The summed E-state index contributed by atoms with van der Waals surface area (Å²) in [6, 6.07) is 13.5. The lowest BCUT2D eigenvalue weighted by molar-refractivity contribution is 0.289. The summed E-state index contributed by atoms with van der Waals surface area (Å²) in [6.45, 7) is 3.04. The van der Waals surface area contributed by atoms with Crippen LogP contribution >= 0.6 is 0 Å². The van der Waals surface area contributed by atoms with Gasteiger partial charge in [-0.1, -0.05) is 29.8 Å². The van der Waals surface area contributed by atoms with Crippen molar-refractivity contribution >= 4 is 0 Å². The second-order valence-corrected chi connectivity index (χ2v) is 5.87. The number of nitrogens with one attached hydrogen (secondary N) is 1. The zero-order valence-electron chi connectivity index (χ0n) is 12.7. The van der Waals surface area contributed by atoms with Crippen molar-refractivity contribution in [1.82, 2.24) is 10.3 Å². The number of benzene rings is 1. The Hall–Kier alpha value is -1.87. The van der Waals surface area contributed by atoms with Crippen LogP contribution < -0.4 is 10.1 Å². The maximum atomic E-state index is 5.15. The third-order valence-electron chi connectivity index (χ3n) is 4.25. The van der Waals surface area contributed by atoms with Crippen LogP contribution in [0, 0.1) is 6.92 Å². The molecule has 1 aromatic carbocycles. The first kappa shape index (κ1) is 14.1. The number of hydrogen-bond donors (Lipinski definition) is 1. The summed E-state index contributed by atoms with van der Waals surface area (Å²) >= 11 is 0. The predicted octanol–water partition coefficient (Wildman–Crippen LogP) is 3.43. The van der Waals surface area contributed by atoms with E-state index in [9.17, 15) is 0 Å². The molecule has 1 N–H and O–H groups in total. The number of rotatable bonds is 5. The summed E-state index contributed by atoms with van der Waals surface area (Å²) in [6.07, 6.45) is 4.25. The normalized spacial score (nSPS) is 20.9. The number of methoxy groups -OCH3 is 1. The molecule has 0 atom stereocenters. The fourth-order valence-electron chi connectivity index (χ4n) is 2.91. The van der Waals surface area contributed by atoms with Crippen molar-refractivity contribution < 1.29 is 4.74 Å². The Morgan fingerprint density at radius 3 is 2.86 bits per heavy atom. The van der Waals surface area contributed by atoms with E-state index in [4.69, 9.17) is 4.74 Å². The highest BCUT2D eigenvalue weighted by Gasteiger charge is 2.29. The first-order chi connectivity index (χ1) is 10.2. The molecule has 0 saturated heterocycles. The van der Waals surface area contributed by atoms with E-state index in [0.717, 1.165) is 12.5 Å². The van der Waals surface area contributed by atoms with Crippen LogP contribution in [-0.4, -0.2) is 18.1 Å². The van der Waals surface area contributed by atoms with Crippen LogP contribution in [0.4, 0.5) is 0 Å². The summed E-state index contributed by atoms with van der Waals surface area (Å²) in [5, 5.41) is 3.62. The van der Waals surface area contributed by atoms with Gasteiger partial charge in [-0.15, -0.1) is 0 Å². The summed E-state index contributed by atoms with van der Waals surface area (Å²) in [7, 11) is 1.65. The van der Waals surface area contributed by atoms with Gasteiger partial charge in [0.15, 0.2) is 0 Å². The Bertz CT molecular complexity index is 606. The monoisotopic (exact) mass is 282 g/mol. The second-order valence-electron chi connectivity index (χ2n) is 5.87. The van der Waals surface area contributed by atoms with Crippen LogP contribution in [0.3, 0.4) is 0 Å². The molecule has 1 saturated carbocycles. The number of pyridine rings is 1. The molecule has 3 heteroatoms. The van der Waals surface area contributed by atoms with Crippen LogP contribution in [0.15, 0.2) is 42.6 Å². The molecule has 1 fully saturated rings. The largest absolute Gasteiger partial charge is 0.481 e. The van der Waals surface area contributed by atoms with Crippen molar-refractivity contribution in [3.8, 4) is 5.88 Å². The second kappa shape index (κ2) is 6.27. The molecule has 0 amide bonds. The minimum absolute atomic E-state index is 0.620. The van der Waals surface area contributed by atoms with Crippen LogP contribution in [0.5, 0.6) is 5.88 Å². The highest BCUT2D eigenvalue weighted by molar-refractivity contribution is 5.28. The van der Waals surface area contributed by atoms with E-state index in [1.165, 1.54) is 29.5 Å². The molecule has 0 aliphatic heterocycles. The number of hydrogen-bond acceptors (Lipinski definition) is 3. The molecule has 1 aliphatic rings. The van der Waals surface area contributed by atoms with Gasteiger partial charge in [0.05, 0.1) is 7.11 Å². The molecule has 21 heavy (non-hydrogen) atoms. The Morgan fingerprint density at radius 1 is 1.24 bits per heavy atom. The summed E-state index contributed by atoms with van der Waals surface area (Å²) < 4.78 is 5.15. The molecule has 0 spiro atoms. The van der Waals surface area contributed by atoms with E-state index in [-0.39, 0.29) is 0 Å². The molecule has 3 rings (SSSR count). The number of aromatic nitrogens is 1. The lowest BCUT2D eigenvalue weighted by Gasteiger charge is -2.36. The van der Waals surface area contributed by atoms with Gasteiger partial charge in [-0.05, 0) is 42.9 Å². The molecular weight excluding hydrogens is 260 g/mol. The lowest BCUT2D eigenvalue weighted by Crippen LogP contribution is -2.39. The SMILES string of the molecule is COc1cc(CNC2CC(c3cccc(C)c3)C2)ccn1. The lowest BCUT2D eigenvalue weighted by atomic mass is 9.75. The molecular formula is C18H22N2O. The maximum Gasteiger partial charge on any atom is 0.213 e. The molecule has 2 aromatic rings. The van der Waals surface area contributed by atoms with E-state index in [2.05, 4.69) is 41.5 Å². The fraction of sp³-hybridized carbons (Fsp3) is 0.389. The van der Waals surface area contributed by atoms with Crippen molar-refractivity contribution in [2.45, 2.75) is 38.3 Å². The average molecular weight is 282 g/mol. The zero-order chi connectivity index (χ0) is 14.7. The zero-order valence-corrected chi connectivity index (χ0v) is 12.7. The van der Waals surface area contributed by atoms with Crippen molar-refractivity contribution in [3.05, 3.63) is 59.3 Å². The van der Waals surface area contributed by atoms with Crippen LogP contribution in [0.25, 0.3) is 0 Å². The van der Waals surface area contributed by atoms with Gasteiger partial charge in [0.1, 0.15) is 0 Å². The molecule has 0 unspecified atom stereocenters. The van der Waals surface area contributed by atoms with Gasteiger partial charge in [0.25, 0.3) is 0 Å². The molecule has 0 radical (unpaired) electrons. The minimum atomic E-state index is 0.620. The number of ether oxygens (including phenoxy) is 1. The van der Waals surface area contributed by atoms with E-state index < -0.39 is 0 Å². The minimum Gasteiger partial charge on any atom is -0.481 e. The van der Waals surface area contributed by atoms with Crippen molar-refractivity contribution in [2.24, 2.45) is 0 Å². The van der Waals surface area contributed by atoms with Gasteiger partial charge < -0.3 is 10.1 Å². The first-order valence-corrected chi connectivity index (χ1v) is 7.53. The van der Waals surface area contributed by atoms with Crippen molar-refractivity contribution in [1.29, 1.82) is 0 Å². The van der Waals surface area contributed by atoms with Gasteiger partial charge in [-0.2, -0.15) is 0 Å². The third-order valence-corrected chi connectivity index (χ3v) is 4.25. The van der Waals surface area contributed by atoms with Gasteiger partial charge in [0, 0.05) is 24.8 Å². The first-order valence-electron chi connectivity index (χ1n) is 7.53. The van der Waals surface area contributed by atoms with E-state index in [1.54, 1.807) is 13.3 Å². The molecule has 1 aliphatic carbocycles. The summed E-state index contributed by atoms with van der Waals surface area (Å²) in [5.41, 5.74) is 4.06. The van der Waals surface area contributed by atoms with E-state index in [1.807, 2.05) is 12.1 Å². The van der Waals surface area contributed by atoms with E-state index >= 15 is 0 Å². The molecule has 1 aromatic heterocycles. The standard InChI is InChI=1S/C18H22N2O/c1-13-4-3-5-15(8-13)16-10-17(11-16)20-12-14-6-7-19-18(9-14)21-2/h3-9,16-17,20H,10-12H2,1-2H3. The predicted molar refractivity (Wildman–Crippen MR) is 84.6 cm³/mol. The van der Waals surface area contributed by atoms with Crippen molar-refractivity contribution in [3.63, 3.8) is 0 Å². The topological polar surface area (TPSA) is 34.1 Å². The van der Waals surface area contributed by atoms with Crippen LogP contribution in [0.1, 0.15) is 35.4 Å². The van der Waals surface area contributed by atoms with Crippen LogP contribution in [0.2, 0.25) is 0 Å². The molecule has 3 nitrogen and oxygen atoms in total. The average Bonchev–Trinajstić information content (AvgIpc) is 2.46. The van der Waals surface area contributed by atoms with Crippen LogP contribution in [-0.2, 0) is 6.54 Å². The highest BCUT2D eigenvalue weighted by Crippen LogP contribution is 2.37. The smallest absolute Gasteiger partial charge is 0.213 e. The Kier molecular flexibility index (Phi) is 4.20. The Morgan fingerprint density at radius 2 is 2.10 bits per heavy atom. The summed E-state index contributed by atoms with van der Waals surface area (Å²) in [5.74, 6) is 1.40. The number of nitrogens with zero attached hydrogens (tertiary/aromatic N) is 1. The maximum absolute atomic E-state index is 5.15. The van der Waals surface area contributed by atoms with Gasteiger partial charge in [0.2, 0.25) is 5.88 Å². The quantitative estimate of drug-likeness (QED) is 0.912. The number of aryl methyl sites for hydroxylation is 1. The highest BCUT2D eigenvalue weighted by atomic mass is 16.5. The van der Waals surface area contributed by atoms with E-state index in [0.29, 0.717) is 11.9 Å². The Balaban J connectivity index is 1.49. The summed E-state index contributed by atoms with van der Waals surface area (Å²) in [4.78, 5) is 4.13. The van der Waals surface area contributed by atoms with Gasteiger partial charge in [-0.3, -0.25) is 0 Å². The van der Waals surface area contributed by atoms with Gasteiger partial charge in [-0.25, -0.2) is 4.98 Å². The molecule has 110 valence electrons. The van der Waals surface area contributed by atoms with Gasteiger partial charge >= 0.3 is 0 Å². The van der Waals surface area contributed by atoms with Crippen molar-refractivity contribution in [2.75, 3.05) is 7.11 Å². The third kappa shape index (κ3) is 3.42. The Labute approximate surface area is 126 Å². The molecule has 1 heterocycles. The fourth-order valence-corrected chi connectivity index (χ4v) is 2.91.